The molecule has 2 N–H and O–H groups in total. The highest BCUT2D eigenvalue weighted by Gasteiger charge is 2.18. The van der Waals surface area contributed by atoms with Crippen LogP contribution >= 0.6 is 0 Å². The number of amides is 1. The number of aromatic nitrogens is 3. The predicted octanol–water partition coefficient (Wildman–Crippen LogP) is 0.425. The van der Waals surface area contributed by atoms with Crippen LogP contribution in [-0.2, 0) is 22.5 Å². The van der Waals surface area contributed by atoms with E-state index < -0.39 is 0 Å². The third kappa shape index (κ3) is 7.54. The number of aliphatic imine (C=N–C) groups is 1. The summed E-state index contributed by atoms with van der Waals surface area (Å²) in [6.45, 7) is 7.50. The standard InChI is InChI=1S/C18H33N7O2/c1-3-16-23-22-15-25(16)13-10-21-18(20-9-6-14-27-2)19-8-5-12-24-11-4-7-17(24)26/h15H,3-14H2,1-2H3,(H2,19,20,21). The fraction of sp³-hybridized carbons (Fsp3) is 0.778. The molecule has 1 fully saturated rings. The number of hydrogen-bond acceptors (Lipinski definition) is 5. The van der Waals surface area contributed by atoms with Crippen LogP contribution in [0.2, 0.25) is 0 Å². The predicted molar refractivity (Wildman–Crippen MR) is 105 cm³/mol. The maximum Gasteiger partial charge on any atom is 0.222 e. The molecule has 0 unspecified atom stereocenters. The van der Waals surface area contributed by atoms with Crippen molar-refractivity contribution in [1.82, 2.24) is 30.3 Å². The Labute approximate surface area is 161 Å². The van der Waals surface area contributed by atoms with E-state index in [0.29, 0.717) is 13.0 Å². The summed E-state index contributed by atoms with van der Waals surface area (Å²) in [6.07, 6.45) is 6.10. The van der Waals surface area contributed by atoms with Gasteiger partial charge in [0, 0.05) is 65.8 Å². The summed E-state index contributed by atoms with van der Waals surface area (Å²) < 4.78 is 7.14. The number of ether oxygens (including phenoxy) is 1. The summed E-state index contributed by atoms with van der Waals surface area (Å²) in [7, 11) is 1.71. The molecule has 1 saturated heterocycles. The van der Waals surface area contributed by atoms with Crippen molar-refractivity contribution in [2.45, 2.75) is 45.6 Å². The van der Waals surface area contributed by atoms with E-state index in [9.17, 15) is 4.79 Å². The van der Waals surface area contributed by atoms with Gasteiger partial charge in [-0.15, -0.1) is 10.2 Å². The Morgan fingerprint density at radius 3 is 2.89 bits per heavy atom. The Bertz CT molecular complexity index is 588. The average Bonchev–Trinajstić information content (AvgIpc) is 3.30. The Hall–Kier alpha value is -2.16. The van der Waals surface area contributed by atoms with Crippen molar-refractivity contribution in [1.29, 1.82) is 0 Å². The first-order valence-electron chi connectivity index (χ1n) is 9.90. The van der Waals surface area contributed by atoms with Gasteiger partial charge in [0.1, 0.15) is 12.2 Å². The molecule has 27 heavy (non-hydrogen) atoms. The summed E-state index contributed by atoms with van der Waals surface area (Å²) in [5.41, 5.74) is 0. The lowest BCUT2D eigenvalue weighted by Gasteiger charge is -2.15. The smallest absolute Gasteiger partial charge is 0.222 e. The highest BCUT2D eigenvalue weighted by molar-refractivity contribution is 5.79. The molecule has 0 aliphatic carbocycles. The third-order valence-electron chi connectivity index (χ3n) is 4.50. The molecule has 1 amide bonds. The number of hydrogen-bond donors (Lipinski definition) is 2. The lowest BCUT2D eigenvalue weighted by Crippen LogP contribution is -2.40. The lowest BCUT2D eigenvalue weighted by molar-refractivity contribution is -0.127. The molecule has 1 aromatic heterocycles. The second-order valence-electron chi connectivity index (χ2n) is 6.56. The van der Waals surface area contributed by atoms with Gasteiger partial charge in [0.2, 0.25) is 5.91 Å². The van der Waals surface area contributed by atoms with Crippen LogP contribution in [0.5, 0.6) is 0 Å². The number of nitrogens with zero attached hydrogens (tertiary/aromatic N) is 5. The summed E-state index contributed by atoms with van der Waals surface area (Å²) in [5.74, 6) is 2.05. The van der Waals surface area contributed by atoms with Gasteiger partial charge in [-0.1, -0.05) is 6.92 Å². The minimum absolute atomic E-state index is 0.274. The van der Waals surface area contributed by atoms with Crippen molar-refractivity contribution in [2.24, 2.45) is 4.99 Å². The maximum atomic E-state index is 11.7. The number of carbonyl (C=O) groups excluding carboxylic acids is 1. The van der Waals surface area contributed by atoms with E-state index in [0.717, 1.165) is 76.8 Å². The highest BCUT2D eigenvalue weighted by atomic mass is 16.5. The number of methoxy groups -OCH3 is 1. The van der Waals surface area contributed by atoms with E-state index in [2.05, 4.69) is 37.3 Å². The molecule has 0 radical (unpaired) electrons. The van der Waals surface area contributed by atoms with Gasteiger partial charge in [0.05, 0.1) is 0 Å². The number of likely N-dealkylation sites (tertiary alicyclic amines) is 1. The van der Waals surface area contributed by atoms with Crippen LogP contribution in [0.1, 0.15) is 38.4 Å². The van der Waals surface area contributed by atoms with Gasteiger partial charge in [-0.05, 0) is 19.3 Å². The molecule has 9 nitrogen and oxygen atoms in total. The van der Waals surface area contributed by atoms with Crippen LogP contribution in [0.15, 0.2) is 11.3 Å². The first kappa shape index (κ1) is 21.1. The van der Waals surface area contributed by atoms with Crippen LogP contribution in [-0.4, -0.2) is 78.0 Å². The summed E-state index contributed by atoms with van der Waals surface area (Å²) in [4.78, 5) is 18.2. The SMILES string of the molecule is CCc1nncn1CCNC(=NCCCN1CCCC1=O)NCCCOC. The zero-order valence-electron chi connectivity index (χ0n) is 16.6. The molecule has 0 spiro atoms. The summed E-state index contributed by atoms with van der Waals surface area (Å²) in [6, 6.07) is 0. The Balaban J connectivity index is 1.75. The molecule has 2 heterocycles. The molecular formula is C18H33N7O2. The second kappa shape index (κ2) is 12.3. The zero-order chi connectivity index (χ0) is 19.3. The number of nitrogens with one attached hydrogen (secondary N) is 2. The second-order valence-corrected chi connectivity index (χ2v) is 6.56. The fourth-order valence-electron chi connectivity index (χ4n) is 3.02. The van der Waals surface area contributed by atoms with E-state index in [1.807, 2.05) is 4.90 Å². The van der Waals surface area contributed by atoms with E-state index >= 15 is 0 Å². The molecule has 1 aliphatic heterocycles. The molecular weight excluding hydrogens is 346 g/mol. The Kier molecular flexibility index (Phi) is 9.61. The molecule has 152 valence electrons. The maximum absolute atomic E-state index is 11.7. The van der Waals surface area contributed by atoms with Gasteiger partial charge in [-0.25, -0.2) is 0 Å². The zero-order valence-corrected chi connectivity index (χ0v) is 16.6. The number of rotatable bonds is 12. The Morgan fingerprint density at radius 1 is 1.30 bits per heavy atom. The van der Waals surface area contributed by atoms with Crippen molar-refractivity contribution in [2.75, 3.05) is 46.4 Å². The number of aryl methyl sites for hydroxylation is 1. The minimum atomic E-state index is 0.274. The van der Waals surface area contributed by atoms with Gasteiger partial charge in [0.15, 0.2) is 5.96 Å². The molecule has 1 aliphatic rings. The molecule has 0 atom stereocenters. The van der Waals surface area contributed by atoms with Gasteiger partial charge in [-0.2, -0.15) is 0 Å². The van der Waals surface area contributed by atoms with Gasteiger partial charge >= 0.3 is 0 Å². The average molecular weight is 380 g/mol. The number of carbonyl (C=O) groups is 1. The lowest BCUT2D eigenvalue weighted by atomic mass is 10.4. The van der Waals surface area contributed by atoms with Crippen LogP contribution in [0, 0.1) is 0 Å². The van der Waals surface area contributed by atoms with Crippen molar-refractivity contribution in [3.63, 3.8) is 0 Å². The number of guanidine groups is 1. The Morgan fingerprint density at radius 2 is 2.15 bits per heavy atom. The molecule has 0 saturated carbocycles. The first-order chi connectivity index (χ1) is 13.2. The van der Waals surface area contributed by atoms with Crippen molar-refractivity contribution in [3.05, 3.63) is 12.2 Å². The van der Waals surface area contributed by atoms with Crippen molar-refractivity contribution >= 4 is 11.9 Å². The van der Waals surface area contributed by atoms with E-state index in [1.54, 1.807) is 13.4 Å². The molecule has 2 rings (SSSR count). The van der Waals surface area contributed by atoms with Gasteiger partial charge in [0.25, 0.3) is 0 Å². The third-order valence-corrected chi connectivity index (χ3v) is 4.50. The minimum Gasteiger partial charge on any atom is -0.385 e. The molecule has 9 heteroatoms. The highest BCUT2D eigenvalue weighted by Crippen LogP contribution is 2.09. The van der Waals surface area contributed by atoms with Crippen molar-refractivity contribution in [3.8, 4) is 0 Å². The first-order valence-corrected chi connectivity index (χ1v) is 9.90. The largest absolute Gasteiger partial charge is 0.385 e. The fourth-order valence-corrected chi connectivity index (χ4v) is 3.02. The van der Waals surface area contributed by atoms with Crippen LogP contribution < -0.4 is 10.6 Å². The van der Waals surface area contributed by atoms with Crippen molar-refractivity contribution < 1.29 is 9.53 Å². The van der Waals surface area contributed by atoms with Gasteiger partial charge < -0.3 is 24.8 Å². The molecule has 0 bridgehead atoms. The quantitative estimate of drug-likeness (QED) is 0.310. The molecule has 0 aromatic carbocycles. The van der Waals surface area contributed by atoms with Crippen LogP contribution in [0.25, 0.3) is 0 Å². The van der Waals surface area contributed by atoms with E-state index in [1.165, 1.54) is 0 Å². The van der Waals surface area contributed by atoms with Crippen LogP contribution in [0.4, 0.5) is 0 Å². The van der Waals surface area contributed by atoms with Gasteiger partial charge in [-0.3, -0.25) is 9.79 Å². The van der Waals surface area contributed by atoms with E-state index in [-0.39, 0.29) is 5.91 Å². The monoisotopic (exact) mass is 379 g/mol. The summed E-state index contributed by atoms with van der Waals surface area (Å²) >= 11 is 0. The normalized spacial score (nSPS) is 14.8. The van der Waals surface area contributed by atoms with E-state index in [4.69, 9.17) is 4.74 Å². The van der Waals surface area contributed by atoms with Crippen LogP contribution in [0.3, 0.4) is 0 Å². The topological polar surface area (TPSA) is 96.7 Å². The molecule has 1 aromatic rings. The summed E-state index contributed by atoms with van der Waals surface area (Å²) in [5, 5.41) is 14.8.